The molecule has 1 aromatic heterocycles. The molecule has 0 saturated carbocycles. The molecule has 3 rings (SSSR count). The Kier molecular flexibility index (Phi) is 7.72. The molecule has 168 valence electrons. The highest BCUT2D eigenvalue weighted by molar-refractivity contribution is 8.00. The molecule has 0 bridgehead atoms. The summed E-state index contributed by atoms with van der Waals surface area (Å²) in [5, 5.41) is 3.32. The van der Waals surface area contributed by atoms with Crippen molar-refractivity contribution < 1.29 is 19.1 Å². The number of hydrogen-bond donors (Lipinski definition) is 1. The molecule has 9 heteroatoms. The van der Waals surface area contributed by atoms with Crippen LogP contribution in [-0.2, 0) is 20.8 Å². The summed E-state index contributed by atoms with van der Waals surface area (Å²) in [6.07, 6.45) is 1.77. The van der Waals surface area contributed by atoms with E-state index in [1.807, 2.05) is 13.8 Å². The van der Waals surface area contributed by atoms with Crippen molar-refractivity contribution in [3.63, 3.8) is 0 Å². The third kappa shape index (κ3) is 5.65. The van der Waals surface area contributed by atoms with E-state index in [4.69, 9.17) is 9.47 Å². The molecule has 1 aliphatic heterocycles. The maximum absolute atomic E-state index is 13.3. The number of ether oxygens (including phenoxy) is 2. The van der Waals surface area contributed by atoms with Gasteiger partial charge < -0.3 is 14.8 Å². The lowest BCUT2D eigenvalue weighted by atomic mass is 10.1. The van der Waals surface area contributed by atoms with Crippen molar-refractivity contribution in [2.45, 2.75) is 56.7 Å². The van der Waals surface area contributed by atoms with Crippen LogP contribution in [0.4, 0.5) is 0 Å². The zero-order valence-electron chi connectivity index (χ0n) is 18.3. The predicted octanol–water partition coefficient (Wildman–Crippen LogP) is 2.61. The summed E-state index contributed by atoms with van der Waals surface area (Å²) in [5.41, 5.74) is 0.500. The predicted molar refractivity (Wildman–Crippen MR) is 119 cm³/mol. The molecule has 8 nitrogen and oxygen atoms in total. The number of rotatable bonds is 8. The van der Waals surface area contributed by atoms with Crippen LogP contribution >= 0.6 is 11.8 Å². The van der Waals surface area contributed by atoms with Gasteiger partial charge in [0.15, 0.2) is 5.16 Å². The van der Waals surface area contributed by atoms with Crippen LogP contribution in [0.5, 0.6) is 0 Å². The number of fused-ring (bicyclic) bond motifs is 1. The first-order valence-electron chi connectivity index (χ1n) is 10.5. The highest BCUT2D eigenvalue weighted by Gasteiger charge is 2.23. The number of benzene rings is 1. The van der Waals surface area contributed by atoms with Crippen LogP contribution in [0.3, 0.4) is 0 Å². The van der Waals surface area contributed by atoms with Crippen molar-refractivity contribution in [1.82, 2.24) is 14.9 Å². The molecule has 1 amide bonds. The number of thioether (sulfide) groups is 1. The Labute approximate surface area is 185 Å². The second-order valence-electron chi connectivity index (χ2n) is 8.07. The molecule has 2 aromatic rings. The van der Waals surface area contributed by atoms with Gasteiger partial charge in [0.05, 0.1) is 41.5 Å². The van der Waals surface area contributed by atoms with Gasteiger partial charge in [-0.1, -0.05) is 25.6 Å². The number of methoxy groups -OCH3 is 1. The number of nitrogens with zero attached hydrogens (tertiary/aromatic N) is 2. The summed E-state index contributed by atoms with van der Waals surface area (Å²) in [5.74, 6) is -0.266. The van der Waals surface area contributed by atoms with E-state index in [9.17, 15) is 14.4 Å². The minimum absolute atomic E-state index is 0.0595. The molecule has 0 aliphatic carbocycles. The van der Waals surface area contributed by atoms with Gasteiger partial charge >= 0.3 is 5.97 Å². The van der Waals surface area contributed by atoms with Gasteiger partial charge in [0.2, 0.25) is 5.91 Å². The van der Waals surface area contributed by atoms with E-state index >= 15 is 0 Å². The molecule has 2 unspecified atom stereocenters. The first-order valence-corrected chi connectivity index (χ1v) is 11.4. The van der Waals surface area contributed by atoms with E-state index in [-0.39, 0.29) is 17.6 Å². The zero-order chi connectivity index (χ0) is 22.5. The average molecular weight is 448 g/mol. The summed E-state index contributed by atoms with van der Waals surface area (Å²) in [6.45, 7) is 7.49. The normalized spacial score (nSPS) is 17.1. The SMILES string of the molecule is COC(=O)c1ccc2c(=O)n(CC3CCCO3)c(SC(C)C(=O)NCC(C)C)nc2c1. The summed E-state index contributed by atoms with van der Waals surface area (Å²) in [7, 11) is 1.30. The maximum atomic E-state index is 13.3. The van der Waals surface area contributed by atoms with E-state index in [1.165, 1.54) is 18.9 Å². The highest BCUT2D eigenvalue weighted by atomic mass is 32.2. The number of amides is 1. The third-order valence-corrected chi connectivity index (χ3v) is 6.18. The fraction of sp³-hybridized carbons (Fsp3) is 0.545. The van der Waals surface area contributed by atoms with Crippen molar-refractivity contribution in [1.29, 1.82) is 0 Å². The fourth-order valence-electron chi connectivity index (χ4n) is 3.35. The van der Waals surface area contributed by atoms with E-state index in [2.05, 4.69) is 10.3 Å². The topological polar surface area (TPSA) is 99.5 Å². The lowest BCUT2D eigenvalue weighted by Gasteiger charge is -2.19. The van der Waals surface area contributed by atoms with Gasteiger partial charge in [0.1, 0.15) is 0 Å². The molecule has 0 spiro atoms. The first kappa shape index (κ1) is 23.3. The maximum Gasteiger partial charge on any atom is 0.337 e. The summed E-state index contributed by atoms with van der Waals surface area (Å²) in [6, 6.07) is 4.70. The average Bonchev–Trinajstić information content (AvgIpc) is 3.26. The van der Waals surface area contributed by atoms with Gasteiger partial charge in [-0.3, -0.25) is 14.2 Å². The van der Waals surface area contributed by atoms with Gasteiger partial charge in [-0.05, 0) is 43.9 Å². The molecule has 31 heavy (non-hydrogen) atoms. The Morgan fingerprint density at radius 2 is 2.13 bits per heavy atom. The number of aromatic nitrogens is 2. The first-order chi connectivity index (χ1) is 14.8. The van der Waals surface area contributed by atoms with Gasteiger partial charge in [-0.15, -0.1) is 0 Å². The Bertz CT molecular complexity index is 1010. The van der Waals surface area contributed by atoms with Crippen molar-refractivity contribution >= 4 is 34.5 Å². The van der Waals surface area contributed by atoms with E-state index < -0.39 is 11.2 Å². The van der Waals surface area contributed by atoms with Crippen LogP contribution < -0.4 is 10.9 Å². The third-order valence-electron chi connectivity index (χ3n) is 5.09. The van der Waals surface area contributed by atoms with E-state index in [0.29, 0.717) is 47.2 Å². The van der Waals surface area contributed by atoms with Crippen molar-refractivity contribution in [2.75, 3.05) is 20.3 Å². The second-order valence-corrected chi connectivity index (χ2v) is 9.38. The van der Waals surface area contributed by atoms with Crippen LogP contribution in [0.15, 0.2) is 28.2 Å². The molecule has 1 saturated heterocycles. The standard InChI is InChI=1S/C22H29N3O5S/c1-13(2)11-23-19(26)14(3)31-22-24-18-10-15(21(28)29-4)7-8-17(18)20(27)25(22)12-16-6-5-9-30-16/h7-8,10,13-14,16H,5-6,9,11-12H2,1-4H3,(H,23,26). The number of carbonyl (C=O) groups is 2. The molecule has 1 N–H and O–H groups in total. The van der Waals surface area contributed by atoms with Crippen LogP contribution in [0.1, 0.15) is 44.0 Å². The number of nitrogens with one attached hydrogen (secondary N) is 1. The van der Waals surface area contributed by atoms with Crippen LogP contribution in [0, 0.1) is 5.92 Å². The van der Waals surface area contributed by atoms with Crippen molar-refractivity contribution in [3.05, 3.63) is 34.1 Å². The van der Waals surface area contributed by atoms with Gasteiger partial charge in [0, 0.05) is 13.2 Å². The number of carbonyl (C=O) groups excluding carboxylic acids is 2. The second kappa shape index (κ2) is 10.3. The molecule has 0 radical (unpaired) electrons. The molecule has 1 aromatic carbocycles. The molecular formula is C22H29N3O5S. The van der Waals surface area contributed by atoms with Crippen LogP contribution in [-0.4, -0.2) is 53.0 Å². The summed E-state index contributed by atoms with van der Waals surface area (Å²) in [4.78, 5) is 42.4. The molecule has 1 aliphatic rings. The van der Waals surface area contributed by atoms with E-state index in [1.54, 1.807) is 29.7 Å². The van der Waals surface area contributed by atoms with Crippen LogP contribution in [0.25, 0.3) is 10.9 Å². The Hall–Kier alpha value is -2.39. The van der Waals surface area contributed by atoms with Crippen LogP contribution in [0.2, 0.25) is 0 Å². The fourth-order valence-corrected chi connectivity index (χ4v) is 4.29. The minimum Gasteiger partial charge on any atom is -0.465 e. The molecule has 1 fully saturated rings. The smallest absolute Gasteiger partial charge is 0.337 e. The lowest BCUT2D eigenvalue weighted by molar-refractivity contribution is -0.120. The monoisotopic (exact) mass is 447 g/mol. The van der Waals surface area contributed by atoms with E-state index in [0.717, 1.165) is 12.8 Å². The van der Waals surface area contributed by atoms with Crippen molar-refractivity contribution in [3.8, 4) is 0 Å². The molecule has 2 heterocycles. The van der Waals surface area contributed by atoms with Crippen molar-refractivity contribution in [2.24, 2.45) is 5.92 Å². The summed E-state index contributed by atoms with van der Waals surface area (Å²) >= 11 is 1.23. The largest absolute Gasteiger partial charge is 0.465 e. The Morgan fingerprint density at radius 1 is 1.35 bits per heavy atom. The van der Waals surface area contributed by atoms with Gasteiger partial charge in [0.25, 0.3) is 5.56 Å². The highest BCUT2D eigenvalue weighted by Crippen LogP contribution is 2.25. The quantitative estimate of drug-likeness (QED) is 0.377. The minimum atomic E-state index is -0.497. The summed E-state index contributed by atoms with van der Waals surface area (Å²) < 4.78 is 12.1. The number of hydrogen-bond acceptors (Lipinski definition) is 7. The lowest BCUT2D eigenvalue weighted by Crippen LogP contribution is -2.35. The Balaban J connectivity index is 1.98. The molecule has 2 atom stereocenters. The molecular weight excluding hydrogens is 418 g/mol. The van der Waals surface area contributed by atoms with Gasteiger partial charge in [-0.25, -0.2) is 9.78 Å². The van der Waals surface area contributed by atoms with Gasteiger partial charge in [-0.2, -0.15) is 0 Å². The Morgan fingerprint density at radius 3 is 2.77 bits per heavy atom. The zero-order valence-corrected chi connectivity index (χ0v) is 19.2. The number of esters is 1.